The van der Waals surface area contributed by atoms with Gasteiger partial charge in [-0.1, -0.05) is 36.4 Å². The summed E-state index contributed by atoms with van der Waals surface area (Å²) in [5.74, 6) is 1.24. The van der Waals surface area contributed by atoms with Crippen molar-refractivity contribution in [1.29, 1.82) is 0 Å². The smallest absolute Gasteiger partial charge is 0.160 e. The SMILES string of the molecule is Oc1ccccc1OCC1Cc2ccccc21. The lowest BCUT2D eigenvalue weighted by atomic mass is 9.78. The molecule has 0 amide bonds. The summed E-state index contributed by atoms with van der Waals surface area (Å²) < 4.78 is 5.65. The lowest BCUT2D eigenvalue weighted by Crippen LogP contribution is -2.23. The molecule has 0 saturated heterocycles. The highest BCUT2D eigenvalue weighted by Crippen LogP contribution is 2.36. The highest BCUT2D eigenvalue weighted by atomic mass is 16.5. The van der Waals surface area contributed by atoms with Gasteiger partial charge in [0.1, 0.15) is 0 Å². The first-order chi connectivity index (χ1) is 8.34. The van der Waals surface area contributed by atoms with Crippen molar-refractivity contribution in [3.8, 4) is 11.5 Å². The quantitative estimate of drug-likeness (QED) is 0.871. The molecular weight excluding hydrogens is 212 g/mol. The number of ether oxygens (including phenoxy) is 1. The largest absolute Gasteiger partial charge is 0.504 e. The molecule has 17 heavy (non-hydrogen) atoms. The van der Waals surface area contributed by atoms with Crippen molar-refractivity contribution in [2.24, 2.45) is 0 Å². The predicted octanol–water partition coefficient (Wildman–Crippen LogP) is 3.11. The van der Waals surface area contributed by atoms with E-state index in [-0.39, 0.29) is 5.75 Å². The average molecular weight is 226 g/mol. The fourth-order valence-corrected chi connectivity index (χ4v) is 2.28. The molecule has 1 aliphatic rings. The van der Waals surface area contributed by atoms with Gasteiger partial charge < -0.3 is 9.84 Å². The molecule has 2 nitrogen and oxygen atoms in total. The predicted molar refractivity (Wildman–Crippen MR) is 66.5 cm³/mol. The third-order valence-electron chi connectivity index (χ3n) is 3.27. The number of benzene rings is 2. The Morgan fingerprint density at radius 2 is 1.82 bits per heavy atom. The van der Waals surface area contributed by atoms with E-state index in [1.54, 1.807) is 18.2 Å². The van der Waals surface area contributed by atoms with Gasteiger partial charge in [0.2, 0.25) is 0 Å². The third-order valence-corrected chi connectivity index (χ3v) is 3.27. The zero-order chi connectivity index (χ0) is 11.7. The van der Waals surface area contributed by atoms with Crippen LogP contribution in [0.2, 0.25) is 0 Å². The van der Waals surface area contributed by atoms with Gasteiger partial charge >= 0.3 is 0 Å². The van der Waals surface area contributed by atoms with E-state index in [0.717, 1.165) is 6.42 Å². The van der Waals surface area contributed by atoms with Crippen LogP contribution in [0.1, 0.15) is 17.0 Å². The van der Waals surface area contributed by atoms with E-state index in [4.69, 9.17) is 4.74 Å². The Morgan fingerprint density at radius 1 is 1.06 bits per heavy atom. The molecule has 0 saturated carbocycles. The fourth-order valence-electron chi connectivity index (χ4n) is 2.28. The van der Waals surface area contributed by atoms with Crippen LogP contribution in [0.15, 0.2) is 48.5 Å². The second-order valence-corrected chi connectivity index (χ2v) is 4.38. The number of phenolic OH excluding ortho intramolecular Hbond substituents is 1. The van der Waals surface area contributed by atoms with Crippen LogP contribution in [0, 0.1) is 0 Å². The van der Waals surface area contributed by atoms with Crippen molar-refractivity contribution in [3.05, 3.63) is 59.7 Å². The van der Waals surface area contributed by atoms with E-state index in [1.165, 1.54) is 11.1 Å². The summed E-state index contributed by atoms with van der Waals surface area (Å²) in [5, 5.41) is 9.58. The molecule has 0 aliphatic heterocycles. The van der Waals surface area contributed by atoms with Crippen LogP contribution < -0.4 is 4.74 Å². The molecular formula is C15H14O2. The summed E-state index contributed by atoms with van der Waals surface area (Å²) in [6.45, 7) is 0.634. The zero-order valence-electron chi connectivity index (χ0n) is 9.47. The second kappa shape index (κ2) is 4.13. The van der Waals surface area contributed by atoms with Crippen molar-refractivity contribution >= 4 is 0 Å². The summed E-state index contributed by atoms with van der Waals surface area (Å²) in [6, 6.07) is 15.5. The van der Waals surface area contributed by atoms with Crippen molar-refractivity contribution in [3.63, 3.8) is 0 Å². The molecule has 2 aromatic rings. The van der Waals surface area contributed by atoms with Crippen LogP contribution in [0.3, 0.4) is 0 Å². The first-order valence-electron chi connectivity index (χ1n) is 5.83. The molecule has 0 heterocycles. The molecule has 1 N–H and O–H groups in total. The number of hydrogen-bond donors (Lipinski definition) is 1. The van der Waals surface area contributed by atoms with Crippen LogP contribution in [0.4, 0.5) is 0 Å². The molecule has 0 aromatic heterocycles. The highest BCUT2D eigenvalue weighted by Gasteiger charge is 2.25. The van der Waals surface area contributed by atoms with Gasteiger partial charge in [-0.25, -0.2) is 0 Å². The van der Waals surface area contributed by atoms with Crippen LogP contribution >= 0.6 is 0 Å². The Balaban J connectivity index is 1.66. The summed E-state index contributed by atoms with van der Waals surface area (Å²) in [6.07, 6.45) is 1.07. The summed E-state index contributed by atoms with van der Waals surface area (Å²) in [5.41, 5.74) is 2.79. The van der Waals surface area contributed by atoms with E-state index >= 15 is 0 Å². The van der Waals surface area contributed by atoms with Gasteiger partial charge in [0.05, 0.1) is 6.61 Å². The van der Waals surface area contributed by atoms with Gasteiger partial charge in [-0.15, -0.1) is 0 Å². The number of para-hydroxylation sites is 2. The molecule has 1 unspecified atom stereocenters. The standard InChI is InChI=1S/C15H14O2/c16-14-7-3-4-8-15(14)17-10-12-9-11-5-1-2-6-13(11)12/h1-8,12,16H,9-10H2. The van der Waals surface area contributed by atoms with E-state index in [0.29, 0.717) is 18.3 Å². The maximum absolute atomic E-state index is 9.58. The van der Waals surface area contributed by atoms with E-state index < -0.39 is 0 Å². The molecule has 2 heteroatoms. The van der Waals surface area contributed by atoms with Crippen LogP contribution in [-0.4, -0.2) is 11.7 Å². The van der Waals surface area contributed by atoms with Gasteiger partial charge in [0, 0.05) is 5.92 Å². The molecule has 2 aromatic carbocycles. The molecule has 0 bridgehead atoms. The Labute approximate surface area is 100 Å². The monoisotopic (exact) mass is 226 g/mol. The minimum Gasteiger partial charge on any atom is -0.504 e. The molecule has 0 fully saturated rings. The second-order valence-electron chi connectivity index (χ2n) is 4.38. The van der Waals surface area contributed by atoms with E-state index in [1.807, 2.05) is 6.07 Å². The Bertz CT molecular complexity index is 534. The van der Waals surface area contributed by atoms with E-state index in [9.17, 15) is 5.11 Å². The van der Waals surface area contributed by atoms with Gasteiger partial charge in [-0.2, -0.15) is 0 Å². The first-order valence-corrected chi connectivity index (χ1v) is 5.83. The zero-order valence-corrected chi connectivity index (χ0v) is 9.47. The van der Waals surface area contributed by atoms with Crippen LogP contribution in [0.25, 0.3) is 0 Å². The summed E-state index contributed by atoms with van der Waals surface area (Å²) in [4.78, 5) is 0. The number of rotatable bonds is 3. The lowest BCUT2D eigenvalue weighted by molar-refractivity contribution is 0.263. The molecule has 0 spiro atoms. The number of aromatic hydroxyl groups is 1. The van der Waals surface area contributed by atoms with Crippen molar-refractivity contribution in [2.75, 3.05) is 6.61 Å². The maximum Gasteiger partial charge on any atom is 0.160 e. The van der Waals surface area contributed by atoms with Crippen molar-refractivity contribution < 1.29 is 9.84 Å². The summed E-state index contributed by atoms with van der Waals surface area (Å²) in [7, 11) is 0. The molecule has 1 aliphatic carbocycles. The Hall–Kier alpha value is -1.96. The minimum absolute atomic E-state index is 0.208. The normalized spacial score (nSPS) is 17.1. The van der Waals surface area contributed by atoms with Gasteiger partial charge in [-0.3, -0.25) is 0 Å². The van der Waals surface area contributed by atoms with Crippen molar-refractivity contribution in [1.82, 2.24) is 0 Å². The molecule has 0 radical (unpaired) electrons. The highest BCUT2D eigenvalue weighted by molar-refractivity contribution is 5.41. The number of phenols is 1. The van der Waals surface area contributed by atoms with Crippen molar-refractivity contribution in [2.45, 2.75) is 12.3 Å². The Morgan fingerprint density at radius 3 is 2.65 bits per heavy atom. The first kappa shape index (κ1) is 10.2. The third kappa shape index (κ3) is 1.86. The topological polar surface area (TPSA) is 29.5 Å². The summed E-state index contributed by atoms with van der Waals surface area (Å²) >= 11 is 0. The molecule has 1 atom stereocenters. The Kier molecular flexibility index (Phi) is 2.48. The average Bonchev–Trinajstić information content (AvgIpc) is 2.32. The fraction of sp³-hybridized carbons (Fsp3) is 0.200. The van der Waals surface area contributed by atoms with E-state index in [2.05, 4.69) is 24.3 Å². The number of hydrogen-bond acceptors (Lipinski definition) is 2. The minimum atomic E-state index is 0.208. The van der Waals surface area contributed by atoms with Crippen LogP contribution in [0.5, 0.6) is 11.5 Å². The van der Waals surface area contributed by atoms with Gasteiger partial charge in [0.25, 0.3) is 0 Å². The van der Waals surface area contributed by atoms with Gasteiger partial charge in [0.15, 0.2) is 11.5 Å². The molecule has 86 valence electrons. The lowest BCUT2D eigenvalue weighted by Gasteiger charge is -2.29. The van der Waals surface area contributed by atoms with Crippen LogP contribution in [-0.2, 0) is 6.42 Å². The molecule has 3 rings (SSSR count). The number of fused-ring (bicyclic) bond motifs is 1. The van der Waals surface area contributed by atoms with Gasteiger partial charge in [-0.05, 0) is 29.7 Å². The maximum atomic E-state index is 9.58.